The van der Waals surface area contributed by atoms with E-state index in [1.165, 1.54) is 16.9 Å². The molecular weight excluding hydrogens is 434 g/mol. The van der Waals surface area contributed by atoms with Crippen LogP contribution < -0.4 is 9.64 Å². The number of carbonyl (C=O) groups is 2. The Labute approximate surface area is 197 Å². The molecule has 5 rings (SSSR count). The number of benzene rings is 2. The van der Waals surface area contributed by atoms with Crippen LogP contribution in [0.5, 0.6) is 5.75 Å². The average Bonchev–Trinajstić information content (AvgIpc) is 3.32. The Kier molecular flexibility index (Phi) is 6.13. The summed E-state index contributed by atoms with van der Waals surface area (Å²) in [5.74, 6) is 0.464. The molecule has 1 fully saturated rings. The summed E-state index contributed by atoms with van der Waals surface area (Å²) in [6, 6.07) is 15.7. The first-order chi connectivity index (χ1) is 16.1. The fraction of sp³-hybridized carbons (Fsp3) is 0.346. The molecule has 2 aliphatic heterocycles. The van der Waals surface area contributed by atoms with Gasteiger partial charge in [0.25, 0.3) is 5.91 Å². The number of para-hydroxylation sites is 2. The van der Waals surface area contributed by atoms with E-state index in [0.717, 1.165) is 48.6 Å². The van der Waals surface area contributed by atoms with Gasteiger partial charge in [-0.25, -0.2) is 4.98 Å². The predicted molar refractivity (Wildman–Crippen MR) is 130 cm³/mol. The van der Waals surface area contributed by atoms with Crippen LogP contribution in [0.4, 0.5) is 5.69 Å². The van der Waals surface area contributed by atoms with Crippen LogP contribution in [0.15, 0.2) is 53.9 Å². The molecule has 7 heteroatoms. The molecular formula is C26H27N3O3S. The van der Waals surface area contributed by atoms with Gasteiger partial charge < -0.3 is 14.5 Å². The van der Waals surface area contributed by atoms with E-state index in [-0.39, 0.29) is 24.8 Å². The van der Waals surface area contributed by atoms with Gasteiger partial charge in [-0.15, -0.1) is 11.3 Å². The highest BCUT2D eigenvalue weighted by molar-refractivity contribution is 7.13. The molecule has 170 valence electrons. The molecule has 0 N–H and O–H groups in total. The number of aromatic nitrogens is 1. The van der Waals surface area contributed by atoms with Crippen molar-refractivity contribution in [2.24, 2.45) is 0 Å². The summed E-state index contributed by atoms with van der Waals surface area (Å²) in [5.41, 5.74) is 3.70. The molecule has 3 aromatic rings. The van der Waals surface area contributed by atoms with Gasteiger partial charge in [0, 0.05) is 24.0 Å². The molecule has 6 nitrogen and oxygen atoms in total. The molecule has 2 aliphatic rings. The second kappa shape index (κ2) is 9.35. The summed E-state index contributed by atoms with van der Waals surface area (Å²) in [4.78, 5) is 34.8. The lowest BCUT2D eigenvalue weighted by Crippen LogP contribution is -2.53. The Bertz CT molecular complexity index is 1150. The van der Waals surface area contributed by atoms with Crippen LogP contribution in [-0.4, -0.2) is 47.4 Å². The predicted octanol–water partition coefficient (Wildman–Crippen LogP) is 4.47. The van der Waals surface area contributed by atoms with E-state index < -0.39 is 6.10 Å². The maximum Gasteiger partial charge on any atom is 0.265 e. The van der Waals surface area contributed by atoms with Gasteiger partial charge in [-0.3, -0.25) is 9.59 Å². The van der Waals surface area contributed by atoms with E-state index in [9.17, 15) is 9.59 Å². The fourth-order valence-corrected chi connectivity index (χ4v) is 5.21. The fourth-order valence-electron chi connectivity index (χ4n) is 4.38. The number of piperidine rings is 1. The number of likely N-dealkylation sites (tertiary alicyclic amines) is 1. The molecule has 0 aliphatic carbocycles. The van der Waals surface area contributed by atoms with Crippen molar-refractivity contribution in [3.8, 4) is 16.3 Å². The normalized spacial score (nSPS) is 17.9. The van der Waals surface area contributed by atoms with Crippen LogP contribution >= 0.6 is 11.3 Å². The number of thiazole rings is 1. The third kappa shape index (κ3) is 4.64. The van der Waals surface area contributed by atoms with Gasteiger partial charge in [0.1, 0.15) is 10.8 Å². The molecule has 3 heterocycles. The maximum absolute atomic E-state index is 13.4. The van der Waals surface area contributed by atoms with Crippen molar-refractivity contribution in [2.75, 3.05) is 24.5 Å². The number of anilines is 1. The number of aryl methyl sites for hydroxylation is 1. The van der Waals surface area contributed by atoms with Gasteiger partial charge in [-0.05, 0) is 38.3 Å². The molecule has 33 heavy (non-hydrogen) atoms. The topological polar surface area (TPSA) is 62.7 Å². The number of hydrogen-bond acceptors (Lipinski definition) is 5. The Morgan fingerprint density at radius 2 is 1.82 bits per heavy atom. The maximum atomic E-state index is 13.4. The number of amides is 2. The van der Waals surface area contributed by atoms with E-state index >= 15 is 0 Å². The molecule has 1 atom stereocenters. The van der Waals surface area contributed by atoms with Crippen molar-refractivity contribution in [3.05, 3.63) is 65.2 Å². The van der Waals surface area contributed by atoms with Gasteiger partial charge in [0.05, 0.1) is 24.3 Å². The van der Waals surface area contributed by atoms with Crippen molar-refractivity contribution in [1.82, 2.24) is 9.88 Å². The van der Waals surface area contributed by atoms with Crippen molar-refractivity contribution in [1.29, 1.82) is 0 Å². The summed E-state index contributed by atoms with van der Waals surface area (Å²) in [7, 11) is 0. The summed E-state index contributed by atoms with van der Waals surface area (Å²) >= 11 is 1.54. The highest BCUT2D eigenvalue weighted by Crippen LogP contribution is 2.34. The first-order valence-electron chi connectivity index (χ1n) is 11.4. The SMILES string of the molecule is Cc1ccc(-c2nc(CC(=O)N3C[C@H](C(=O)N4CCCCC4)Oc4ccccc43)cs2)cc1. The van der Waals surface area contributed by atoms with Crippen LogP contribution in [0.1, 0.15) is 30.5 Å². The number of ether oxygens (including phenoxy) is 1. The number of nitrogens with zero attached hydrogens (tertiary/aromatic N) is 3. The molecule has 0 radical (unpaired) electrons. The quantitative estimate of drug-likeness (QED) is 0.575. The third-order valence-electron chi connectivity index (χ3n) is 6.20. The van der Waals surface area contributed by atoms with Crippen LogP contribution in [-0.2, 0) is 16.0 Å². The Morgan fingerprint density at radius 3 is 2.61 bits per heavy atom. The summed E-state index contributed by atoms with van der Waals surface area (Å²) in [5, 5.41) is 2.84. The number of fused-ring (bicyclic) bond motifs is 1. The zero-order valence-corrected chi connectivity index (χ0v) is 19.5. The van der Waals surface area contributed by atoms with Crippen LogP contribution in [0.25, 0.3) is 10.6 Å². The monoisotopic (exact) mass is 461 g/mol. The minimum absolute atomic E-state index is 0.0303. The first kappa shape index (κ1) is 21.6. The smallest absolute Gasteiger partial charge is 0.265 e. The molecule has 0 saturated carbocycles. The van der Waals surface area contributed by atoms with Crippen molar-refractivity contribution >= 4 is 28.8 Å². The van der Waals surface area contributed by atoms with Crippen molar-refractivity contribution in [3.63, 3.8) is 0 Å². The van der Waals surface area contributed by atoms with E-state index in [1.54, 1.807) is 4.90 Å². The van der Waals surface area contributed by atoms with Crippen molar-refractivity contribution in [2.45, 2.75) is 38.7 Å². The highest BCUT2D eigenvalue weighted by atomic mass is 32.1. The lowest BCUT2D eigenvalue weighted by atomic mass is 10.1. The molecule has 2 amide bonds. The first-order valence-corrected chi connectivity index (χ1v) is 12.3. The number of carbonyl (C=O) groups excluding carboxylic acids is 2. The summed E-state index contributed by atoms with van der Waals surface area (Å²) < 4.78 is 6.05. The molecule has 0 spiro atoms. The second-order valence-corrected chi connectivity index (χ2v) is 9.51. The number of hydrogen-bond donors (Lipinski definition) is 0. The molecule has 1 aromatic heterocycles. The van der Waals surface area contributed by atoms with Crippen LogP contribution in [0, 0.1) is 6.92 Å². The molecule has 0 bridgehead atoms. The summed E-state index contributed by atoms with van der Waals surface area (Å²) in [6.07, 6.45) is 2.69. The van der Waals surface area contributed by atoms with Crippen molar-refractivity contribution < 1.29 is 14.3 Å². The molecule has 2 aromatic carbocycles. The minimum atomic E-state index is -0.680. The van der Waals surface area contributed by atoms with E-state index in [2.05, 4.69) is 31.2 Å². The van der Waals surface area contributed by atoms with Gasteiger partial charge in [-0.2, -0.15) is 0 Å². The highest BCUT2D eigenvalue weighted by Gasteiger charge is 2.36. The Hall–Kier alpha value is -3.19. The van der Waals surface area contributed by atoms with Gasteiger partial charge in [0.2, 0.25) is 5.91 Å². The lowest BCUT2D eigenvalue weighted by molar-refractivity contribution is -0.139. The van der Waals surface area contributed by atoms with E-state index in [4.69, 9.17) is 9.72 Å². The zero-order chi connectivity index (χ0) is 22.8. The van der Waals surface area contributed by atoms with Gasteiger partial charge >= 0.3 is 0 Å². The van der Waals surface area contributed by atoms with E-state index in [0.29, 0.717) is 11.4 Å². The average molecular weight is 462 g/mol. The van der Waals surface area contributed by atoms with E-state index in [1.807, 2.05) is 34.5 Å². The van der Waals surface area contributed by atoms with Crippen LogP contribution in [0.3, 0.4) is 0 Å². The summed E-state index contributed by atoms with van der Waals surface area (Å²) in [6.45, 7) is 3.79. The molecule has 0 unspecified atom stereocenters. The number of rotatable bonds is 4. The minimum Gasteiger partial charge on any atom is -0.476 e. The van der Waals surface area contributed by atoms with Gasteiger partial charge in [-0.1, -0.05) is 42.0 Å². The zero-order valence-electron chi connectivity index (χ0n) is 18.7. The Morgan fingerprint density at radius 1 is 1.06 bits per heavy atom. The van der Waals surface area contributed by atoms with Gasteiger partial charge in [0.15, 0.2) is 6.10 Å². The largest absolute Gasteiger partial charge is 0.476 e. The Balaban J connectivity index is 1.34. The second-order valence-electron chi connectivity index (χ2n) is 8.65. The van der Waals surface area contributed by atoms with Crippen LogP contribution in [0.2, 0.25) is 0 Å². The third-order valence-corrected chi connectivity index (χ3v) is 7.14. The molecule has 1 saturated heterocycles. The lowest BCUT2D eigenvalue weighted by Gasteiger charge is -2.37. The standard InChI is InChI=1S/C26H27N3O3S/c1-18-9-11-19(12-10-18)25-27-20(17-33-25)15-24(30)29-16-23(26(31)28-13-5-2-6-14-28)32-22-8-4-3-7-21(22)29/h3-4,7-12,17,23H,2,5-6,13-16H2,1H3/t23-/m1/s1.